The number of hydrogen-bond acceptors (Lipinski definition) is 2. The van der Waals surface area contributed by atoms with Gasteiger partial charge in [-0.15, -0.1) is 0 Å². The van der Waals surface area contributed by atoms with Gasteiger partial charge in [0.1, 0.15) is 0 Å². The first-order valence-corrected chi connectivity index (χ1v) is 6.11. The Kier molecular flexibility index (Phi) is 3.13. The van der Waals surface area contributed by atoms with Gasteiger partial charge in [-0.1, -0.05) is 13.3 Å². The Bertz CT molecular complexity index is 181. The molecule has 1 saturated carbocycles. The van der Waals surface area contributed by atoms with Crippen LogP contribution in [0.4, 0.5) is 0 Å². The van der Waals surface area contributed by atoms with Crippen LogP contribution in [-0.2, 0) is 0 Å². The molecule has 0 aromatic carbocycles. The highest BCUT2D eigenvalue weighted by Gasteiger charge is 2.31. The Morgan fingerprint density at radius 2 is 2.14 bits per heavy atom. The largest absolute Gasteiger partial charge is 0.316 e. The Morgan fingerprint density at radius 3 is 2.64 bits per heavy atom. The van der Waals surface area contributed by atoms with E-state index < -0.39 is 0 Å². The second kappa shape index (κ2) is 4.19. The van der Waals surface area contributed by atoms with Crippen molar-refractivity contribution in [2.24, 2.45) is 5.41 Å². The van der Waals surface area contributed by atoms with Crippen LogP contribution in [0.1, 0.15) is 39.0 Å². The predicted molar refractivity (Wildman–Crippen MR) is 60.5 cm³/mol. The molecule has 14 heavy (non-hydrogen) atoms. The Morgan fingerprint density at radius 1 is 1.36 bits per heavy atom. The van der Waals surface area contributed by atoms with Gasteiger partial charge in [-0.3, -0.25) is 0 Å². The highest BCUT2D eigenvalue weighted by Crippen LogP contribution is 2.30. The summed E-state index contributed by atoms with van der Waals surface area (Å²) in [4.78, 5) is 2.59. The molecule has 0 aromatic heterocycles. The molecule has 0 amide bonds. The molecule has 2 nitrogen and oxygen atoms in total. The maximum absolute atomic E-state index is 3.53. The minimum Gasteiger partial charge on any atom is -0.316 e. The minimum atomic E-state index is 0.530. The van der Waals surface area contributed by atoms with Gasteiger partial charge in [0, 0.05) is 19.1 Å². The van der Waals surface area contributed by atoms with E-state index in [0.29, 0.717) is 5.41 Å². The van der Waals surface area contributed by atoms with E-state index in [4.69, 9.17) is 0 Å². The summed E-state index contributed by atoms with van der Waals surface area (Å²) in [5, 5.41) is 3.53. The second-order valence-electron chi connectivity index (χ2n) is 5.59. The number of rotatable bonds is 3. The molecule has 1 atom stereocenters. The van der Waals surface area contributed by atoms with Gasteiger partial charge in [0.05, 0.1) is 0 Å². The van der Waals surface area contributed by atoms with Crippen LogP contribution in [-0.4, -0.2) is 37.6 Å². The molecule has 2 fully saturated rings. The van der Waals surface area contributed by atoms with E-state index >= 15 is 0 Å². The number of piperidine rings is 1. The molecular formula is C12H24N2. The predicted octanol–water partition coefficient (Wildman–Crippen LogP) is 1.86. The zero-order valence-electron chi connectivity index (χ0n) is 9.68. The highest BCUT2D eigenvalue weighted by atomic mass is 15.1. The molecule has 2 aliphatic rings. The Hall–Kier alpha value is -0.0800. The van der Waals surface area contributed by atoms with Crippen molar-refractivity contribution in [1.29, 1.82) is 0 Å². The van der Waals surface area contributed by atoms with Crippen LogP contribution < -0.4 is 5.32 Å². The maximum Gasteiger partial charge on any atom is 0.00924 e. The summed E-state index contributed by atoms with van der Waals surface area (Å²) >= 11 is 0. The van der Waals surface area contributed by atoms with Crippen molar-refractivity contribution in [2.75, 3.05) is 26.7 Å². The summed E-state index contributed by atoms with van der Waals surface area (Å²) in [5.74, 6) is 0. The molecule has 1 aliphatic heterocycles. The van der Waals surface area contributed by atoms with Crippen LogP contribution in [0, 0.1) is 5.41 Å². The molecule has 1 saturated heterocycles. The summed E-state index contributed by atoms with van der Waals surface area (Å²) in [6.07, 6.45) is 7.07. The lowest BCUT2D eigenvalue weighted by Crippen LogP contribution is -2.48. The van der Waals surface area contributed by atoms with Crippen molar-refractivity contribution >= 4 is 0 Å². The summed E-state index contributed by atoms with van der Waals surface area (Å²) < 4.78 is 0. The van der Waals surface area contributed by atoms with E-state index in [1.807, 2.05) is 0 Å². The van der Waals surface area contributed by atoms with E-state index in [2.05, 4.69) is 24.2 Å². The highest BCUT2D eigenvalue weighted by molar-refractivity contribution is 4.87. The SMILES string of the molecule is CN(CC1(C)CCCNC1)C1CCC1. The third-order valence-corrected chi connectivity index (χ3v) is 4.01. The lowest BCUT2D eigenvalue weighted by Gasteiger charge is -2.42. The van der Waals surface area contributed by atoms with Gasteiger partial charge in [0.15, 0.2) is 0 Å². The van der Waals surface area contributed by atoms with Crippen LogP contribution in [0.3, 0.4) is 0 Å². The van der Waals surface area contributed by atoms with Gasteiger partial charge in [-0.05, 0) is 44.7 Å². The molecule has 1 unspecified atom stereocenters. The lowest BCUT2D eigenvalue weighted by atomic mass is 9.81. The smallest absolute Gasteiger partial charge is 0.00924 e. The van der Waals surface area contributed by atoms with Gasteiger partial charge in [0.25, 0.3) is 0 Å². The van der Waals surface area contributed by atoms with Crippen molar-refractivity contribution in [3.63, 3.8) is 0 Å². The van der Waals surface area contributed by atoms with E-state index in [9.17, 15) is 0 Å². The van der Waals surface area contributed by atoms with E-state index in [1.54, 1.807) is 0 Å². The first-order chi connectivity index (χ1) is 6.70. The Labute approximate surface area is 88.1 Å². The lowest BCUT2D eigenvalue weighted by molar-refractivity contribution is 0.0857. The van der Waals surface area contributed by atoms with Gasteiger partial charge >= 0.3 is 0 Å². The van der Waals surface area contributed by atoms with Gasteiger partial charge in [-0.2, -0.15) is 0 Å². The standard InChI is InChI=1S/C12H24N2/c1-12(7-4-8-13-9-12)10-14(2)11-5-3-6-11/h11,13H,3-10H2,1-2H3. The van der Waals surface area contributed by atoms with Crippen LogP contribution in [0.2, 0.25) is 0 Å². The first kappa shape index (κ1) is 10.4. The molecule has 0 aromatic rings. The second-order valence-corrected chi connectivity index (χ2v) is 5.59. The minimum absolute atomic E-state index is 0.530. The van der Waals surface area contributed by atoms with E-state index in [-0.39, 0.29) is 0 Å². The third-order valence-electron chi connectivity index (χ3n) is 4.01. The maximum atomic E-state index is 3.53. The van der Waals surface area contributed by atoms with Crippen LogP contribution in [0.15, 0.2) is 0 Å². The fourth-order valence-electron chi connectivity index (χ4n) is 2.81. The molecule has 1 aliphatic carbocycles. The molecule has 0 spiro atoms. The third kappa shape index (κ3) is 2.29. The molecule has 82 valence electrons. The summed E-state index contributed by atoms with van der Waals surface area (Å²) in [7, 11) is 2.31. The molecular weight excluding hydrogens is 172 g/mol. The molecule has 2 rings (SSSR count). The molecule has 1 N–H and O–H groups in total. The van der Waals surface area contributed by atoms with Crippen molar-refractivity contribution in [3.8, 4) is 0 Å². The van der Waals surface area contributed by atoms with Crippen LogP contribution >= 0.6 is 0 Å². The fourth-order valence-corrected chi connectivity index (χ4v) is 2.81. The van der Waals surface area contributed by atoms with E-state index in [1.165, 1.54) is 51.7 Å². The number of hydrogen-bond donors (Lipinski definition) is 1. The first-order valence-electron chi connectivity index (χ1n) is 6.11. The Balaban J connectivity index is 1.81. The summed E-state index contributed by atoms with van der Waals surface area (Å²) in [5.41, 5.74) is 0.530. The van der Waals surface area contributed by atoms with Crippen molar-refractivity contribution < 1.29 is 0 Å². The summed E-state index contributed by atoms with van der Waals surface area (Å²) in [6, 6.07) is 0.897. The number of nitrogens with one attached hydrogen (secondary N) is 1. The fraction of sp³-hybridized carbons (Fsp3) is 1.00. The van der Waals surface area contributed by atoms with Crippen molar-refractivity contribution in [3.05, 3.63) is 0 Å². The average molecular weight is 196 g/mol. The van der Waals surface area contributed by atoms with Gasteiger partial charge in [-0.25, -0.2) is 0 Å². The number of nitrogens with zero attached hydrogens (tertiary/aromatic N) is 1. The van der Waals surface area contributed by atoms with Gasteiger partial charge < -0.3 is 10.2 Å². The summed E-state index contributed by atoms with van der Waals surface area (Å²) in [6.45, 7) is 6.16. The zero-order valence-corrected chi connectivity index (χ0v) is 9.68. The topological polar surface area (TPSA) is 15.3 Å². The van der Waals surface area contributed by atoms with Crippen molar-refractivity contribution in [1.82, 2.24) is 10.2 Å². The average Bonchev–Trinajstić information content (AvgIpc) is 2.00. The van der Waals surface area contributed by atoms with Gasteiger partial charge in [0.2, 0.25) is 0 Å². The van der Waals surface area contributed by atoms with Crippen molar-refractivity contribution in [2.45, 2.75) is 45.1 Å². The van der Waals surface area contributed by atoms with Crippen LogP contribution in [0.5, 0.6) is 0 Å². The molecule has 0 bridgehead atoms. The monoisotopic (exact) mass is 196 g/mol. The molecule has 2 heteroatoms. The quantitative estimate of drug-likeness (QED) is 0.741. The zero-order chi connectivity index (χ0) is 10.0. The molecule has 0 radical (unpaired) electrons. The van der Waals surface area contributed by atoms with E-state index in [0.717, 1.165) is 6.04 Å². The van der Waals surface area contributed by atoms with Crippen LogP contribution in [0.25, 0.3) is 0 Å². The molecule has 1 heterocycles. The normalized spacial score (nSPS) is 34.5.